The molecule has 0 aliphatic carbocycles. The molecular formula is C16H24N4O. The predicted molar refractivity (Wildman–Crippen MR) is 83.7 cm³/mol. The molecule has 1 unspecified atom stereocenters. The van der Waals surface area contributed by atoms with Crippen molar-refractivity contribution in [1.82, 2.24) is 20.1 Å². The Balaban J connectivity index is 2.09. The van der Waals surface area contributed by atoms with Crippen LogP contribution in [0, 0.1) is 13.8 Å². The Hall–Kier alpha value is -1.88. The van der Waals surface area contributed by atoms with E-state index in [1.807, 2.05) is 37.8 Å². The van der Waals surface area contributed by atoms with Gasteiger partial charge in [-0.1, -0.05) is 13.0 Å². The molecule has 0 aliphatic rings. The van der Waals surface area contributed by atoms with E-state index in [1.54, 1.807) is 0 Å². The van der Waals surface area contributed by atoms with Gasteiger partial charge in [-0.3, -0.25) is 4.68 Å². The number of nitrogens with zero attached hydrogens (tertiary/aromatic N) is 3. The Morgan fingerprint density at radius 3 is 2.62 bits per heavy atom. The van der Waals surface area contributed by atoms with Crippen LogP contribution in [0.1, 0.15) is 43.3 Å². The van der Waals surface area contributed by atoms with Gasteiger partial charge in [0.05, 0.1) is 5.69 Å². The number of aryl methyl sites for hydroxylation is 2. The molecule has 0 aromatic carbocycles. The summed E-state index contributed by atoms with van der Waals surface area (Å²) < 4.78 is 7.68. The smallest absolute Gasteiger partial charge is 0.219 e. The molecule has 2 aromatic rings. The van der Waals surface area contributed by atoms with E-state index < -0.39 is 0 Å². The molecular weight excluding hydrogens is 264 g/mol. The Kier molecular flexibility index (Phi) is 4.96. The van der Waals surface area contributed by atoms with Gasteiger partial charge in [0.2, 0.25) is 5.88 Å². The van der Waals surface area contributed by atoms with Crippen LogP contribution < -0.4 is 10.1 Å². The predicted octanol–water partition coefficient (Wildman–Crippen LogP) is 3.28. The summed E-state index contributed by atoms with van der Waals surface area (Å²) in [6.07, 6.45) is 2.99. The van der Waals surface area contributed by atoms with Crippen LogP contribution in [0.5, 0.6) is 11.6 Å². The van der Waals surface area contributed by atoms with Crippen LogP contribution in [0.15, 0.2) is 18.3 Å². The quantitative estimate of drug-likeness (QED) is 0.886. The average Bonchev–Trinajstić information content (AvgIpc) is 2.72. The molecule has 0 fully saturated rings. The minimum Gasteiger partial charge on any atom is -0.435 e. The molecule has 0 spiro atoms. The second kappa shape index (κ2) is 6.72. The molecule has 5 heteroatoms. The van der Waals surface area contributed by atoms with E-state index in [4.69, 9.17) is 4.74 Å². The van der Waals surface area contributed by atoms with Gasteiger partial charge in [0.1, 0.15) is 5.69 Å². The lowest BCUT2D eigenvalue weighted by molar-refractivity contribution is 0.453. The number of hydrogen-bond donors (Lipinski definition) is 1. The lowest BCUT2D eigenvalue weighted by Gasteiger charge is -2.13. The van der Waals surface area contributed by atoms with Crippen molar-refractivity contribution in [2.24, 2.45) is 7.05 Å². The SMILES string of the molecule is CCCNC(C)c1ccc(Oc2c(C)nn(C)c2C)nc1. The Morgan fingerprint density at radius 2 is 2.10 bits per heavy atom. The van der Waals surface area contributed by atoms with E-state index in [1.165, 1.54) is 0 Å². The maximum absolute atomic E-state index is 5.86. The topological polar surface area (TPSA) is 52.0 Å². The zero-order valence-electron chi connectivity index (χ0n) is 13.5. The van der Waals surface area contributed by atoms with Gasteiger partial charge in [0.25, 0.3) is 0 Å². The second-order valence-corrected chi connectivity index (χ2v) is 5.33. The van der Waals surface area contributed by atoms with Crippen molar-refractivity contribution in [3.05, 3.63) is 35.3 Å². The minimum absolute atomic E-state index is 0.299. The Morgan fingerprint density at radius 1 is 1.33 bits per heavy atom. The van der Waals surface area contributed by atoms with Crippen LogP contribution in [-0.4, -0.2) is 21.3 Å². The van der Waals surface area contributed by atoms with Crippen LogP contribution in [0.4, 0.5) is 0 Å². The summed E-state index contributed by atoms with van der Waals surface area (Å²) in [5, 5.41) is 7.79. The zero-order valence-corrected chi connectivity index (χ0v) is 13.5. The highest BCUT2D eigenvalue weighted by atomic mass is 16.5. The van der Waals surface area contributed by atoms with Gasteiger partial charge in [-0.05, 0) is 39.3 Å². The first-order valence-electron chi connectivity index (χ1n) is 7.40. The number of rotatable bonds is 6. The normalized spacial score (nSPS) is 12.4. The van der Waals surface area contributed by atoms with Crippen molar-refractivity contribution in [3.8, 4) is 11.6 Å². The fourth-order valence-corrected chi connectivity index (χ4v) is 2.19. The lowest BCUT2D eigenvalue weighted by Crippen LogP contribution is -2.19. The molecule has 5 nitrogen and oxygen atoms in total. The summed E-state index contributed by atoms with van der Waals surface area (Å²) in [7, 11) is 1.91. The first-order valence-corrected chi connectivity index (χ1v) is 7.40. The Labute approximate surface area is 126 Å². The fraction of sp³-hybridized carbons (Fsp3) is 0.500. The number of ether oxygens (including phenoxy) is 1. The van der Waals surface area contributed by atoms with Crippen LogP contribution in [-0.2, 0) is 7.05 Å². The molecule has 1 atom stereocenters. The molecule has 21 heavy (non-hydrogen) atoms. The molecule has 2 heterocycles. The average molecular weight is 288 g/mol. The van der Waals surface area contributed by atoms with Gasteiger partial charge in [0, 0.05) is 25.4 Å². The third kappa shape index (κ3) is 3.61. The van der Waals surface area contributed by atoms with E-state index in [-0.39, 0.29) is 0 Å². The molecule has 0 saturated carbocycles. The zero-order chi connectivity index (χ0) is 15.4. The summed E-state index contributed by atoms with van der Waals surface area (Å²) in [4.78, 5) is 4.40. The summed E-state index contributed by atoms with van der Waals surface area (Å²) in [5.74, 6) is 1.38. The molecule has 0 saturated heterocycles. The minimum atomic E-state index is 0.299. The highest BCUT2D eigenvalue weighted by Gasteiger charge is 2.12. The molecule has 114 valence electrons. The third-order valence-corrected chi connectivity index (χ3v) is 3.61. The van der Waals surface area contributed by atoms with E-state index in [0.29, 0.717) is 11.9 Å². The highest BCUT2D eigenvalue weighted by Crippen LogP contribution is 2.27. The highest BCUT2D eigenvalue weighted by molar-refractivity contribution is 5.35. The summed E-state index contributed by atoms with van der Waals surface area (Å²) in [6.45, 7) is 9.23. The van der Waals surface area contributed by atoms with Crippen molar-refractivity contribution in [2.45, 2.75) is 40.2 Å². The summed E-state index contributed by atoms with van der Waals surface area (Å²) >= 11 is 0. The van der Waals surface area contributed by atoms with Gasteiger partial charge >= 0.3 is 0 Å². The van der Waals surface area contributed by atoms with Crippen molar-refractivity contribution < 1.29 is 4.74 Å². The molecule has 0 bridgehead atoms. The summed E-state index contributed by atoms with van der Waals surface area (Å²) in [5.41, 5.74) is 3.03. The van der Waals surface area contributed by atoms with Gasteiger partial charge in [-0.25, -0.2) is 4.98 Å². The fourth-order valence-electron chi connectivity index (χ4n) is 2.19. The number of pyridine rings is 1. The van der Waals surface area contributed by atoms with Gasteiger partial charge < -0.3 is 10.1 Å². The molecule has 0 amide bonds. The lowest BCUT2D eigenvalue weighted by atomic mass is 10.1. The maximum Gasteiger partial charge on any atom is 0.219 e. The third-order valence-electron chi connectivity index (χ3n) is 3.61. The van der Waals surface area contributed by atoms with E-state index in [0.717, 1.165) is 35.7 Å². The first-order chi connectivity index (χ1) is 10.0. The standard InChI is InChI=1S/C16H24N4O/c1-6-9-17-11(2)14-7-8-15(18-10-14)21-16-12(3)19-20(5)13(16)4/h7-8,10-11,17H,6,9H2,1-5H3. The van der Waals surface area contributed by atoms with Gasteiger partial charge in [0.15, 0.2) is 5.75 Å². The maximum atomic E-state index is 5.86. The van der Waals surface area contributed by atoms with Gasteiger partial charge in [-0.2, -0.15) is 5.10 Å². The van der Waals surface area contributed by atoms with E-state index >= 15 is 0 Å². The van der Waals surface area contributed by atoms with E-state index in [2.05, 4.69) is 35.3 Å². The number of nitrogens with one attached hydrogen (secondary N) is 1. The van der Waals surface area contributed by atoms with Gasteiger partial charge in [-0.15, -0.1) is 0 Å². The number of aromatic nitrogens is 3. The van der Waals surface area contributed by atoms with Crippen LogP contribution in [0.2, 0.25) is 0 Å². The van der Waals surface area contributed by atoms with Crippen molar-refractivity contribution in [1.29, 1.82) is 0 Å². The van der Waals surface area contributed by atoms with Crippen molar-refractivity contribution in [2.75, 3.05) is 6.54 Å². The monoisotopic (exact) mass is 288 g/mol. The molecule has 0 aliphatic heterocycles. The van der Waals surface area contributed by atoms with Crippen LogP contribution >= 0.6 is 0 Å². The molecule has 1 N–H and O–H groups in total. The number of hydrogen-bond acceptors (Lipinski definition) is 4. The van der Waals surface area contributed by atoms with Crippen LogP contribution in [0.3, 0.4) is 0 Å². The van der Waals surface area contributed by atoms with E-state index in [9.17, 15) is 0 Å². The molecule has 2 aromatic heterocycles. The molecule has 2 rings (SSSR count). The largest absolute Gasteiger partial charge is 0.435 e. The Bertz CT molecular complexity index is 589. The van der Waals surface area contributed by atoms with Crippen molar-refractivity contribution in [3.63, 3.8) is 0 Å². The molecule has 0 radical (unpaired) electrons. The van der Waals surface area contributed by atoms with Crippen molar-refractivity contribution >= 4 is 0 Å². The first kappa shape index (κ1) is 15.5. The second-order valence-electron chi connectivity index (χ2n) is 5.33. The summed E-state index contributed by atoms with van der Waals surface area (Å²) in [6, 6.07) is 4.26. The van der Waals surface area contributed by atoms with Crippen LogP contribution in [0.25, 0.3) is 0 Å².